The van der Waals surface area contributed by atoms with Crippen LogP contribution in [-0.2, 0) is 28.5 Å². The van der Waals surface area contributed by atoms with Gasteiger partial charge in [-0.3, -0.25) is 10.1 Å². The Balaban J connectivity index is 2.21. The van der Waals surface area contributed by atoms with Crippen LogP contribution in [0, 0.1) is 10.1 Å². The summed E-state index contributed by atoms with van der Waals surface area (Å²) in [6.45, 7) is 5.24. The minimum atomic E-state index is -0.705. The first-order valence-electron chi connectivity index (χ1n) is 10.1. The number of methoxy groups -OCH3 is 1. The molecule has 2 fully saturated rings. The van der Waals surface area contributed by atoms with E-state index in [2.05, 4.69) is 0 Å². The van der Waals surface area contributed by atoms with Crippen LogP contribution in [0.4, 0.5) is 0 Å². The molecular formula is C20H33NO8. The van der Waals surface area contributed by atoms with Gasteiger partial charge >= 0.3 is 5.97 Å². The van der Waals surface area contributed by atoms with Crippen molar-refractivity contribution < 1.29 is 33.4 Å². The predicted octanol–water partition coefficient (Wildman–Crippen LogP) is 2.99. The first-order chi connectivity index (χ1) is 13.6. The molecule has 0 N–H and O–H groups in total. The smallest absolute Gasteiger partial charge is 0.334 e. The van der Waals surface area contributed by atoms with E-state index < -0.39 is 34.5 Å². The van der Waals surface area contributed by atoms with Crippen LogP contribution in [0.25, 0.3) is 0 Å². The van der Waals surface area contributed by atoms with E-state index in [0.29, 0.717) is 0 Å². The number of ether oxygens (including phenoxy) is 5. The molecule has 0 aromatic heterocycles. The van der Waals surface area contributed by atoms with Crippen LogP contribution in [0.1, 0.15) is 59.3 Å². The second-order valence-corrected chi connectivity index (χ2v) is 8.49. The van der Waals surface area contributed by atoms with Gasteiger partial charge in [-0.15, -0.1) is 0 Å². The molecule has 0 aromatic carbocycles. The summed E-state index contributed by atoms with van der Waals surface area (Å²) in [6, 6.07) is 0. The fourth-order valence-electron chi connectivity index (χ4n) is 3.55. The third kappa shape index (κ3) is 7.65. The predicted molar refractivity (Wildman–Crippen MR) is 104 cm³/mol. The molecule has 1 spiro atoms. The Labute approximate surface area is 171 Å². The maximum atomic E-state index is 12.6. The van der Waals surface area contributed by atoms with Crippen molar-refractivity contribution in [3.63, 3.8) is 0 Å². The van der Waals surface area contributed by atoms with Crippen molar-refractivity contribution in [1.82, 2.24) is 0 Å². The quantitative estimate of drug-likeness (QED) is 0.141. The fourth-order valence-corrected chi connectivity index (χ4v) is 3.55. The number of hydrogen-bond acceptors (Lipinski definition) is 8. The second kappa shape index (κ2) is 10.5. The molecule has 1 saturated carbocycles. The van der Waals surface area contributed by atoms with Gasteiger partial charge in [0.05, 0.1) is 6.61 Å². The van der Waals surface area contributed by atoms with E-state index in [-0.39, 0.29) is 31.9 Å². The average molecular weight is 415 g/mol. The monoisotopic (exact) mass is 415 g/mol. The molecule has 166 valence electrons. The lowest BCUT2D eigenvalue weighted by Crippen LogP contribution is -2.34. The van der Waals surface area contributed by atoms with E-state index in [4.69, 9.17) is 23.7 Å². The van der Waals surface area contributed by atoms with Crippen molar-refractivity contribution in [2.45, 2.75) is 82.9 Å². The highest BCUT2D eigenvalue weighted by molar-refractivity contribution is 5.88. The van der Waals surface area contributed by atoms with Gasteiger partial charge in [0.25, 0.3) is 0 Å². The number of carbonyl (C=O) groups excluding carboxylic acids is 1. The molecular weight excluding hydrogens is 382 g/mol. The van der Waals surface area contributed by atoms with E-state index in [1.807, 2.05) is 0 Å². The minimum Gasteiger partial charge on any atom is -0.457 e. The van der Waals surface area contributed by atoms with E-state index in [9.17, 15) is 14.9 Å². The van der Waals surface area contributed by atoms with Gasteiger partial charge < -0.3 is 23.7 Å². The van der Waals surface area contributed by atoms with Crippen molar-refractivity contribution in [2.75, 3.05) is 27.1 Å². The highest BCUT2D eigenvalue weighted by atomic mass is 16.8. The van der Waals surface area contributed by atoms with Crippen molar-refractivity contribution in [1.29, 1.82) is 0 Å². The Morgan fingerprint density at radius 3 is 2.52 bits per heavy atom. The van der Waals surface area contributed by atoms with E-state index >= 15 is 0 Å². The van der Waals surface area contributed by atoms with Crippen LogP contribution in [0.15, 0.2) is 11.6 Å². The van der Waals surface area contributed by atoms with Crippen LogP contribution in [0.3, 0.4) is 0 Å². The maximum absolute atomic E-state index is 12.6. The highest BCUT2D eigenvalue weighted by Crippen LogP contribution is 2.41. The Morgan fingerprint density at radius 2 is 1.93 bits per heavy atom. The normalized spacial score (nSPS) is 24.6. The van der Waals surface area contributed by atoms with Gasteiger partial charge in [0.2, 0.25) is 6.54 Å². The number of carbonyl (C=O) groups is 1. The summed E-state index contributed by atoms with van der Waals surface area (Å²) >= 11 is 0. The van der Waals surface area contributed by atoms with Crippen molar-refractivity contribution >= 4 is 5.97 Å². The summed E-state index contributed by atoms with van der Waals surface area (Å²) in [6.07, 6.45) is 5.26. The Bertz CT molecular complexity index is 592. The third-order valence-corrected chi connectivity index (χ3v) is 4.77. The summed E-state index contributed by atoms with van der Waals surface area (Å²) in [5.41, 5.74) is -0.488. The summed E-state index contributed by atoms with van der Waals surface area (Å²) in [5.74, 6) is -1.27. The molecule has 2 aliphatic rings. The number of nitro groups is 1. The first-order valence-corrected chi connectivity index (χ1v) is 10.1. The molecule has 1 heterocycles. The lowest BCUT2D eigenvalue weighted by Gasteiger charge is -2.31. The molecule has 29 heavy (non-hydrogen) atoms. The van der Waals surface area contributed by atoms with Crippen LogP contribution >= 0.6 is 0 Å². The zero-order valence-electron chi connectivity index (χ0n) is 17.8. The van der Waals surface area contributed by atoms with Crippen LogP contribution in [0.5, 0.6) is 0 Å². The van der Waals surface area contributed by atoms with Crippen LogP contribution in [0.2, 0.25) is 0 Å². The second-order valence-electron chi connectivity index (χ2n) is 8.49. The standard InChI is InChI=1S/C20H33NO8/c1-19(2,3)29-18(22)15(8-11-21(23)24)12-16-17(13-26-14-25-4)28-20(27-16)9-6-5-7-10-20/h12,16-17H,5-11,13-14H2,1-4H3. The number of esters is 1. The SMILES string of the molecule is COCOCC1OC2(CCCCC2)OC1C=C(CC[N+](=O)[O-])C(=O)OC(C)(C)C. The molecule has 9 heteroatoms. The molecule has 2 unspecified atom stereocenters. The Hall–Kier alpha value is -1.55. The molecule has 0 aromatic rings. The zero-order chi connectivity index (χ0) is 21.5. The summed E-state index contributed by atoms with van der Waals surface area (Å²) < 4.78 is 28.3. The van der Waals surface area contributed by atoms with Crippen molar-refractivity contribution in [3.05, 3.63) is 21.8 Å². The summed E-state index contributed by atoms with van der Waals surface area (Å²) in [5, 5.41) is 10.9. The molecule has 0 bridgehead atoms. The van der Waals surface area contributed by atoms with Gasteiger partial charge in [-0.25, -0.2) is 4.79 Å². The highest BCUT2D eigenvalue weighted by Gasteiger charge is 2.47. The summed E-state index contributed by atoms with van der Waals surface area (Å²) in [4.78, 5) is 23.0. The maximum Gasteiger partial charge on any atom is 0.334 e. The van der Waals surface area contributed by atoms with Gasteiger partial charge in [-0.05, 0) is 39.7 Å². The van der Waals surface area contributed by atoms with Crippen LogP contribution in [-0.4, -0.2) is 61.5 Å². The first kappa shape index (κ1) is 23.7. The lowest BCUT2D eigenvalue weighted by atomic mass is 9.94. The number of hydrogen-bond donors (Lipinski definition) is 0. The van der Waals surface area contributed by atoms with Gasteiger partial charge in [-0.1, -0.05) is 6.42 Å². The van der Waals surface area contributed by atoms with E-state index in [1.165, 1.54) is 7.11 Å². The summed E-state index contributed by atoms with van der Waals surface area (Å²) in [7, 11) is 1.53. The Kier molecular flexibility index (Phi) is 8.57. The van der Waals surface area contributed by atoms with E-state index in [0.717, 1.165) is 32.1 Å². The third-order valence-electron chi connectivity index (χ3n) is 4.77. The average Bonchev–Trinajstić information content (AvgIpc) is 2.94. The minimum absolute atomic E-state index is 0.0412. The lowest BCUT2D eigenvalue weighted by molar-refractivity contribution is -0.479. The molecule has 0 radical (unpaired) electrons. The van der Waals surface area contributed by atoms with Crippen molar-refractivity contribution in [2.24, 2.45) is 0 Å². The number of nitrogens with zero attached hydrogens (tertiary/aromatic N) is 1. The van der Waals surface area contributed by atoms with Crippen molar-refractivity contribution in [3.8, 4) is 0 Å². The largest absolute Gasteiger partial charge is 0.457 e. The van der Waals surface area contributed by atoms with Crippen LogP contribution < -0.4 is 0 Å². The molecule has 2 rings (SSSR count). The van der Waals surface area contributed by atoms with E-state index in [1.54, 1.807) is 26.8 Å². The molecule has 1 aliphatic heterocycles. The Morgan fingerprint density at radius 1 is 1.24 bits per heavy atom. The topological polar surface area (TPSA) is 106 Å². The zero-order valence-corrected chi connectivity index (χ0v) is 17.8. The fraction of sp³-hybridized carbons (Fsp3) is 0.850. The molecule has 1 aliphatic carbocycles. The molecule has 2 atom stereocenters. The van der Waals surface area contributed by atoms with Gasteiger partial charge in [0.1, 0.15) is 24.6 Å². The number of rotatable bonds is 9. The van der Waals surface area contributed by atoms with Gasteiger partial charge in [0.15, 0.2) is 5.79 Å². The van der Waals surface area contributed by atoms with Gasteiger partial charge in [-0.2, -0.15) is 0 Å². The molecule has 0 amide bonds. The molecule has 1 saturated heterocycles. The molecule has 9 nitrogen and oxygen atoms in total. The van der Waals surface area contributed by atoms with Gasteiger partial charge in [0, 0.05) is 36.9 Å².